The lowest BCUT2D eigenvalue weighted by atomic mass is 9.93. The predicted molar refractivity (Wildman–Crippen MR) is 105 cm³/mol. The van der Waals surface area contributed by atoms with Crippen molar-refractivity contribution in [2.75, 3.05) is 19.6 Å². The van der Waals surface area contributed by atoms with Gasteiger partial charge in [-0.15, -0.1) is 0 Å². The Morgan fingerprint density at radius 1 is 1.12 bits per heavy atom. The molecule has 0 aromatic heterocycles. The summed E-state index contributed by atoms with van der Waals surface area (Å²) in [5.41, 5.74) is 3.87. The molecular weight excluding hydrogens is 347 g/mol. The fraction of sp³-hybridized carbons (Fsp3) is 0.455. The van der Waals surface area contributed by atoms with Crippen molar-refractivity contribution in [2.24, 2.45) is 5.92 Å². The topological polar surface area (TPSA) is 15.3 Å². The average Bonchev–Trinajstić information content (AvgIpc) is 3.01. The second-order valence-corrected chi connectivity index (χ2v) is 8.36. The Morgan fingerprint density at radius 2 is 1.88 bits per heavy atom. The highest BCUT2D eigenvalue weighted by atomic mass is 35.5. The van der Waals surface area contributed by atoms with Crippen molar-refractivity contribution < 1.29 is 4.39 Å². The van der Waals surface area contributed by atoms with Crippen molar-refractivity contribution >= 4 is 11.6 Å². The van der Waals surface area contributed by atoms with Gasteiger partial charge < -0.3 is 5.32 Å². The van der Waals surface area contributed by atoms with Gasteiger partial charge >= 0.3 is 0 Å². The molecule has 0 bridgehead atoms. The van der Waals surface area contributed by atoms with Crippen molar-refractivity contribution in [3.8, 4) is 0 Å². The van der Waals surface area contributed by atoms with Gasteiger partial charge in [-0.05, 0) is 53.3 Å². The SMILES string of the molecule is CC(C)C1CN([C@@H]2C[C@@H](c3ccc(F)cc3)c3ccc(Cl)cc32)CCN1. The number of rotatable bonds is 3. The number of fused-ring (bicyclic) bond motifs is 1. The van der Waals surface area contributed by atoms with Gasteiger partial charge in [-0.3, -0.25) is 4.90 Å². The van der Waals surface area contributed by atoms with Crippen LogP contribution >= 0.6 is 11.6 Å². The molecule has 1 aliphatic carbocycles. The Kier molecular flexibility index (Phi) is 5.05. The fourth-order valence-electron chi connectivity index (χ4n) is 4.52. The Morgan fingerprint density at radius 3 is 2.62 bits per heavy atom. The average molecular weight is 373 g/mol. The summed E-state index contributed by atoms with van der Waals surface area (Å²) in [7, 11) is 0. The van der Waals surface area contributed by atoms with E-state index in [0.29, 0.717) is 23.9 Å². The van der Waals surface area contributed by atoms with Crippen LogP contribution in [0.4, 0.5) is 4.39 Å². The zero-order valence-electron chi connectivity index (χ0n) is 15.4. The molecule has 0 amide bonds. The monoisotopic (exact) mass is 372 g/mol. The Labute approximate surface area is 160 Å². The van der Waals surface area contributed by atoms with Crippen LogP contribution in [0, 0.1) is 11.7 Å². The van der Waals surface area contributed by atoms with Crippen LogP contribution in [0.1, 0.15) is 48.9 Å². The Hall–Kier alpha value is -1.42. The van der Waals surface area contributed by atoms with Gasteiger partial charge in [0, 0.05) is 42.7 Å². The van der Waals surface area contributed by atoms with E-state index >= 15 is 0 Å². The van der Waals surface area contributed by atoms with E-state index in [1.807, 2.05) is 18.2 Å². The van der Waals surface area contributed by atoms with Gasteiger partial charge in [0.15, 0.2) is 0 Å². The summed E-state index contributed by atoms with van der Waals surface area (Å²) in [6, 6.07) is 14.2. The van der Waals surface area contributed by atoms with Gasteiger partial charge in [0.05, 0.1) is 0 Å². The minimum Gasteiger partial charge on any atom is -0.311 e. The molecule has 0 radical (unpaired) electrons. The van der Waals surface area contributed by atoms with Crippen molar-refractivity contribution in [1.82, 2.24) is 10.2 Å². The molecule has 138 valence electrons. The molecule has 4 heteroatoms. The van der Waals surface area contributed by atoms with E-state index in [1.165, 1.54) is 16.7 Å². The maximum Gasteiger partial charge on any atom is 0.123 e. The van der Waals surface area contributed by atoms with E-state index in [9.17, 15) is 4.39 Å². The predicted octanol–water partition coefficient (Wildman–Crippen LogP) is 4.99. The fourth-order valence-corrected chi connectivity index (χ4v) is 4.70. The molecule has 2 nitrogen and oxygen atoms in total. The zero-order chi connectivity index (χ0) is 18.3. The zero-order valence-corrected chi connectivity index (χ0v) is 16.1. The molecule has 1 fully saturated rings. The maximum atomic E-state index is 13.4. The molecule has 1 aliphatic heterocycles. The second-order valence-electron chi connectivity index (χ2n) is 7.93. The quantitative estimate of drug-likeness (QED) is 0.816. The molecule has 26 heavy (non-hydrogen) atoms. The maximum absolute atomic E-state index is 13.4. The molecule has 2 aromatic rings. The molecule has 0 spiro atoms. The third-order valence-corrected chi connectivity index (χ3v) is 6.23. The van der Waals surface area contributed by atoms with Crippen LogP contribution in [0.5, 0.6) is 0 Å². The molecule has 1 unspecified atom stereocenters. The number of benzene rings is 2. The Balaban J connectivity index is 1.67. The third-order valence-electron chi connectivity index (χ3n) is 6.00. The van der Waals surface area contributed by atoms with Gasteiger partial charge in [0.1, 0.15) is 5.82 Å². The van der Waals surface area contributed by atoms with E-state index in [1.54, 1.807) is 12.1 Å². The summed E-state index contributed by atoms with van der Waals surface area (Å²) in [6.45, 7) is 7.70. The number of piperazine rings is 1. The molecular formula is C22H26ClFN2. The van der Waals surface area contributed by atoms with Gasteiger partial charge in [0.2, 0.25) is 0 Å². The van der Waals surface area contributed by atoms with E-state index < -0.39 is 0 Å². The third kappa shape index (κ3) is 3.40. The Bertz CT molecular complexity index is 774. The number of hydrogen-bond acceptors (Lipinski definition) is 2. The van der Waals surface area contributed by atoms with Crippen LogP contribution in [0.3, 0.4) is 0 Å². The highest BCUT2D eigenvalue weighted by Crippen LogP contribution is 2.47. The number of nitrogens with zero attached hydrogens (tertiary/aromatic N) is 1. The van der Waals surface area contributed by atoms with Crippen molar-refractivity contribution in [3.05, 3.63) is 70.0 Å². The molecule has 4 rings (SSSR count). The standard InChI is InChI=1S/C22H26ClFN2/c1-14(2)21-13-26(10-9-25-21)22-12-19(15-3-6-17(24)7-4-15)18-8-5-16(23)11-20(18)22/h3-8,11,14,19,21-22,25H,9-10,12-13H2,1-2H3/t19-,21?,22+/m0/s1. The molecule has 2 aromatic carbocycles. The molecule has 3 atom stereocenters. The largest absolute Gasteiger partial charge is 0.311 e. The summed E-state index contributed by atoms with van der Waals surface area (Å²) >= 11 is 6.34. The van der Waals surface area contributed by atoms with E-state index in [0.717, 1.165) is 31.1 Å². The summed E-state index contributed by atoms with van der Waals surface area (Å²) in [4.78, 5) is 2.61. The van der Waals surface area contributed by atoms with Crippen LogP contribution in [0.2, 0.25) is 5.02 Å². The molecule has 1 heterocycles. The van der Waals surface area contributed by atoms with Crippen molar-refractivity contribution in [1.29, 1.82) is 0 Å². The molecule has 2 aliphatic rings. The molecule has 1 N–H and O–H groups in total. The lowest BCUT2D eigenvalue weighted by Gasteiger charge is -2.39. The van der Waals surface area contributed by atoms with Crippen LogP contribution in [0.15, 0.2) is 42.5 Å². The van der Waals surface area contributed by atoms with E-state index in [4.69, 9.17) is 11.6 Å². The highest BCUT2D eigenvalue weighted by molar-refractivity contribution is 6.30. The summed E-state index contributed by atoms with van der Waals surface area (Å²) < 4.78 is 13.4. The normalized spacial score (nSPS) is 26.3. The first-order chi connectivity index (χ1) is 12.5. The van der Waals surface area contributed by atoms with Gasteiger partial charge in [-0.25, -0.2) is 4.39 Å². The lowest BCUT2D eigenvalue weighted by Crippen LogP contribution is -2.53. The molecule has 0 saturated carbocycles. The summed E-state index contributed by atoms with van der Waals surface area (Å²) in [5.74, 6) is 0.743. The minimum absolute atomic E-state index is 0.179. The van der Waals surface area contributed by atoms with Crippen LogP contribution in [-0.4, -0.2) is 30.6 Å². The highest BCUT2D eigenvalue weighted by Gasteiger charge is 2.37. The minimum atomic E-state index is -0.179. The first-order valence-electron chi connectivity index (χ1n) is 9.55. The second kappa shape index (κ2) is 7.30. The van der Waals surface area contributed by atoms with Crippen LogP contribution in [0.25, 0.3) is 0 Å². The number of nitrogens with one attached hydrogen (secondary N) is 1. The van der Waals surface area contributed by atoms with Crippen molar-refractivity contribution in [2.45, 2.75) is 38.3 Å². The lowest BCUT2D eigenvalue weighted by molar-refractivity contribution is 0.125. The van der Waals surface area contributed by atoms with Gasteiger partial charge in [-0.2, -0.15) is 0 Å². The van der Waals surface area contributed by atoms with Gasteiger partial charge in [-0.1, -0.05) is 43.6 Å². The summed E-state index contributed by atoms with van der Waals surface area (Å²) in [5, 5.41) is 4.44. The number of halogens is 2. The van der Waals surface area contributed by atoms with E-state index in [2.05, 4.69) is 36.2 Å². The first kappa shape index (κ1) is 18.0. The molecule has 1 saturated heterocycles. The number of hydrogen-bond donors (Lipinski definition) is 1. The van der Waals surface area contributed by atoms with Gasteiger partial charge in [0.25, 0.3) is 0 Å². The smallest absolute Gasteiger partial charge is 0.123 e. The van der Waals surface area contributed by atoms with Crippen molar-refractivity contribution in [3.63, 3.8) is 0 Å². The summed E-state index contributed by atoms with van der Waals surface area (Å²) in [6.07, 6.45) is 1.03. The first-order valence-corrected chi connectivity index (χ1v) is 9.93. The van der Waals surface area contributed by atoms with Crippen LogP contribution < -0.4 is 5.32 Å². The van der Waals surface area contributed by atoms with E-state index in [-0.39, 0.29) is 5.82 Å². The van der Waals surface area contributed by atoms with Crippen LogP contribution in [-0.2, 0) is 0 Å².